The first-order valence-corrected chi connectivity index (χ1v) is 6.89. The van der Waals surface area contributed by atoms with Gasteiger partial charge >= 0.3 is 6.03 Å². The number of rotatable bonds is 2. The largest absolute Gasteiger partial charge is 0.365 e. The molecular weight excluding hydrogens is 264 g/mol. The fraction of sp³-hybridized carbons (Fsp3) is 0.417. The summed E-state index contributed by atoms with van der Waals surface area (Å²) < 4.78 is 8.98. The van der Waals surface area contributed by atoms with Crippen LogP contribution in [-0.4, -0.2) is 33.6 Å². The molecule has 0 spiro atoms. The molecule has 1 fully saturated rings. The van der Waals surface area contributed by atoms with Crippen molar-refractivity contribution < 1.29 is 9.32 Å². The monoisotopic (exact) mass is 278 g/mol. The first-order chi connectivity index (χ1) is 9.22. The van der Waals surface area contributed by atoms with Gasteiger partial charge in [0.15, 0.2) is 0 Å². The minimum Gasteiger partial charge on any atom is -0.365 e. The summed E-state index contributed by atoms with van der Waals surface area (Å²) in [6, 6.07) is 3.65. The van der Waals surface area contributed by atoms with Crippen LogP contribution in [0.25, 0.3) is 0 Å². The number of carbonyl (C=O) groups excluding carboxylic acids is 1. The van der Waals surface area contributed by atoms with E-state index in [2.05, 4.69) is 14.8 Å². The molecule has 0 bridgehead atoms. The maximum Gasteiger partial charge on any atom is 0.322 e. The van der Waals surface area contributed by atoms with Crippen molar-refractivity contribution in [3.05, 3.63) is 29.8 Å². The van der Waals surface area contributed by atoms with Crippen molar-refractivity contribution in [1.82, 2.24) is 14.4 Å². The van der Waals surface area contributed by atoms with Gasteiger partial charge in [0.2, 0.25) is 0 Å². The number of likely N-dealkylation sites (tertiary alicyclic amines) is 1. The maximum atomic E-state index is 12.1. The van der Waals surface area contributed by atoms with Crippen molar-refractivity contribution in [2.75, 3.05) is 18.4 Å². The van der Waals surface area contributed by atoms with Gasteiger partial charge in [-0.1, -0.05) is 5.16 Å². The van der Waals surface area contributed by atoms with Crippen LogP contribution >= 0.6 is 11.5 Å². The van der Waals surface area contributed by atoms with Gasteiger partial charge in [-0.15, -0.1) is 0 Å². The minimum atomic E-state index is -0.0744. The number of hydrogen-bond acceptors (Lipinski definition) is 5. The second-order valence-corrected chi connectivity index (χ2v) is 5.42. The highest BCUT2D eigenvalue weighted by molar-refractivity contribution is 7.10. The summed E-state index contributed by atoms with van der Waals surface area (Å²) >= 11 is 1.30. The molecule has 2 aromatic rings. The van der Waals surface area contributed by atoms with E-state index >= 15 is 0 Å². The third kappa shape index (κ3) is 2.60. The van der Waals surface area contributed by atoms with Crippen LogP contribution in [0.15, 0.2) is 22.9 Å². The minimum absolute atomic E-state index is 0.0744. The SMILES string of the molecule is Cc1cc(NC(=O)N2CCC(c3ccon3)C2)sn1. The van der Waals surface area contributed by atoms with Crippen molar-refractivity contribution >= 4 is 22.6 Å². The van der Waals surface area contributed by atoms with Crippen molar-refractivity contribution in [1.29, 1.82) is 0 Å². The van der Waals surface area contributed by atoms with Crippen molar-refractivity contribution in [3.63, 3.8) is 0 Å². The Balaban J connectivity index is 1.60. The molecule has 100 valence electrons. The smallest absolute Gasteiger partial charge is 0.322 e. The van der Waals surface area contributed by atoms with Crippen molar-refractivity contribution in [2.45, 2.75) is 19.3 Å². The Morgan fingerprint density at radius 1 is 1.63 bits per heavy atom. The lowest BCUT2D eigenvalue weighted by molar-refractivity contribution is 0.222. The Labute approximate surface area is 114 Å². The van der Waals surface area contributed by atoms with Crippen LogP contribution in [0.5, 0.6) is 0 Å². The molecule has 1 unspecified atom stereocenters. The Bertz CT molecular complexity index is 566. The molecular formula is C12H14N4O2S. The topological polar surface area (TPSA) is 71.3 Å². The number of aromatic nitrogens is 2. The van der Waals surface area contributed by atoms with E-state index in [4.69, 9.17) is 4.52 Å². The average Bonchev–Trinajstić information content (AvgIpc) is 3.08. The highest BCUT2D eigenvalue weighted by Gasteiger charge is 2.29. The summed E-state index contributed by atoms with van der Waals surface area (Å²) in [6.45, 7) is 3.32. The van der Waals surface area contributed by atoms with Gasteiger partial charge in [0.25, 0.3) is 0 Å². The molecule has 1 aliphatic heterocycles. The quantitative estimate of drug-likeness (QED) is 0.916. The lowest BCUT2D eigenvalue weighted by atomic mass is 10.1. The molecule has 3 rings (SSSR count). The molecule has 1 N–H and O–H groups in total. The number of hydrogen-bond donors (Lipinski definition) is 1. The van der Waals surface area contributed by atoms with Gasteiger partial charge in [0.05, 0.1) is 11.4 Å². The Morgan fingerprint density at radius 2 is 2.53 bits per heavy atom. The molecule has 2 aromatic heterocycles. The Morgan fingerprint density at radius 3 is 3.21 bits per heavy atom. The zero-order chi connectivity index (χ0) is 13.2. The third-order valence-corrected chi connectivity index (χ3v) is 4.01. The van der Waals surface area contributed by atoms with E-state index in [1.54, 1.807) is 11.2 Å². The molecule has 0 aliphatic carbocycles. The number of nitrogens with one attached hydrogen (secondary N) is 1. The highest BCUT2D eigenvalue weighted by atomic mass is 32.1. The molecule has 7 heteroatoms. The van der Waals surface area contributed by atoms with E-state index < -0.39 is 0 Å². The molecule has 1 saturated heterocycles. The number of amides is 2. The van der Waals surface area contributed by atoms with E-state index in [-0.39, 0.29) is 11.9 Å². The predicted octanol–water partition coefficient (Wildman–Crippen LogP) is 2.46. The summed E-state index contributed by atoms with van der Waals surface area (Å²) in [5.74, 6) is 0.271. The fourth-order valence-corrected chi connectivity index (χ4v) is 2.88. The Kier molecular flexibility index (Phi) is 3.20. The average molecular weight is 278 g/mol. The molecule has 1 atom stereocenters. The Hall–Kier alpha value is -1.89. The number of carbonyl (C=O) groups is 1. The summed E-state index contributed by atoms with van der Waals surface area (Å²) in [5, 5.41) is 7.59. The summed E-state index contributed by atoms with van der Waals surface area (Å²) in [7, 11) is 0. The molecule has 6 nitrogen and oxygen atoms in total. The molecule has 0 saturated carbocycles. The van der Waals surface area contributed by atoms with E-state index in [0.29, 0.717) is 6.54 Å². The van der Waals surface area contributed by atoms with Crippen molar-refractivity contribution in [2.24, 2.45) is 0 Å². The van der Waals surface area contributed by atoms with Gasteiger partial charge < -0.3 is 9.42 Å². The van der Waals surface area contributed by atoms with Gasteiger partial charge in [0, 0.05) is 25.1 Å². The standard InChI is InChI=1S/C12H14N4O2S/c1-8-6-11(19-15-8)13-12(17)16-4-2-9(7-16)10-3-5-18-14-10/h3,5-6,9H,2,4,7H2,1H3,(H,13,17). The summed E-state index contributed by atoms with van der Waals surface area (Å²) in [5.41, 5.74) is 1.84. The van der Waals surface area contributed by atoms with Crippen molar-refractivity contribution in [3.8, 4) is 0 Å². The first kappa shape index (κ1) is 12.2. The van der Waals surface area contributed by atoms with E-state index in [1.807, 2.05) is 19.1 Å². The van der Waals surface area contributed by atoms with Gasteiger partial charge in [-0.05, 0) is 30.9 Å². The normalized spacial score (nSPS) is 18.8. The van der Waals surface area contributed by atoms with Crippen LogP contribution in [0, 0.1) is 6.92 Å². The van der Waals surface area contributed by atoms with Gasteiger partial charge in [0.1, 0.15) is 11.3 Å². The highest BCUT2D eigenvalue weighted by Crippen LogP contribution is 2.26. The molecule has 1 aliphatic rings. The third-order valence-electron chi connectivity index (χ3n) is 3.21. The molecule has 2 amide bonds. The van der Waals surface area contributed by atoms with E-state index in [9.17, 15) is 4.79 Å². The van der Waals surface area contributed by atoms with Crippen LogP contribution in [0.2, 0.25) is 0 Å². The number of urea groups is 1. The predicted molar refractivity (Wildman–Crippen MR) is 71.3 cm³/mol. The summed E-state index contributed by atoms with van der Waals surface area (Å²) in [4.78, 5) is 13.9. The van der Waals surface area contributed by atoms with Gasteiger partial charge in [-0.2, -0.15) is 4.37 Å². The zero-order valence-corrected chi connectivity index (χ0v) is 11.3. The molecule has 0 aromatic carbocycles. The fourth-order valence-electron chi connectivity index (χ4n) is 2.23. The molecule has 0 radical (unpaired) electrons. The van der Waals surface area contributed by atoms with E-state index in [1.165, 1.54) is 11.5 Å². The number of nitrogens with zero attached hydrogens (tertiary/aromatic N) is 3. The van der Waals surface area contributed by atoms with Crippen LogP contribution in [-0.2, 0) is 0 Å². The number of aryl methyl sites for hydroxylation is 1. The second-order valence-electron chi connectivity index (χ2n) is 4.62. The molecule has 19 heavy (non-hydrogen) atoms. The van der Waals surface area contributed by atoms with Crippen LogP contribution in [0.3, 0.4) is 0 Å². The molecule has 3 heterocycles. The van der Waals surface area contributed by atoms with Crippen LogP contribution in [0.1, 0.15) is 23.7 Å². The van der Waals surface area contributed by atoms with Gasteiger partial charge in [-0.3, -0.25) is 5.32 Å². The first-order valence-electron chi connectivity index (χ1n) is 6.12. The van der Waals surface area contributed by atoms with Crippen LogP contribution < -0.4 is 5.32 Å². The van der Waals surface area contributed by atoms with E-state index in [0.717, 1.165) is 29.4 Å². The second kappa shape index (κ2) is 5.00. The lowest BCUT2D eigenvalue weighted by Gasteiger charge is -2.15. The maximum absolute atomic E-state index is 12.1. The zero-order valence-electron chi connectivity index (χ0n) is 10.5. The number of anilines is 1. The van der Waals surface area contributed by atoms with Gasteiger partial charge in [-0.25, -0.2) is 4.79 Å². The summed E-state index contributed by atoms with van der Waals surface area (Å²) in [6.07, 6.45) is 2.49. The van der Waals surface area contributed by atoms with Crippen LogP contribution in [0.4, 0.5) is 9.80 Å². The lowest BCUT2D eigenvalue weighted by Crippen LogP contribution is -2.32.